The van der Waals surface area contributed by atoms with Gasteiger partial charge in [-0.3, -0.25) is 4.79 Å². The second-order valence-electron chi connectivity index (χ2n) is 8.37. The average molecular weight is 449 g/mol. The lowest BCUT2D eigenvalue weighted by Crippen LogP contribution is -2.42. The lowest BCUT2D eigenvalue weighted by molar-refractivity contribution is 0.0675. The number of nitrogens with zero attached hydrogens (tertiary/aromatic N) is 2. The molecule has 0 N–H and O–H groups in total. The van der Waals surface area contributed by atoms with Crippen molar-refractivity contribution in [3.05, 3.63) is 47.4 Å². The Morgan fingerprint density at radius 2 is 2.00 bits per heavy atom. The third-order valence-corrected chi connectivity index (χ3v) is 7.78. The van der Waals surface area contributed by atoms with Crippen molar-refractivity contribution in [1.82, 2.24) is 9.21 Å². The van der Waals surface area contributed by atoms with Crippen LogP contribution in [0.5, 0.6) is 5.75 Å². The SMILES string of the molecule is COc1ccc(C(=O)N(Cc2ccc(C)o2)C(C)C)cc1S(=O)(=O)N1CCCCC1C. The van der Waals surface area contributed by atoms with Crippen molar-refractivity contribution in [3.8, 4) is 5.75 Å². The van der Waals surface area contributed by atoms with Crippen LogP contribution in [0.2, 0.25) is 0 Å². The molecule has 0 saturated carbocycles. The number of methoxy groups -OCH3 is 1. The number of rotatable bonds is 7. The summed E-state index contributed by atoms with van der Waals surface area (Å²) in [7, 11) is -2.35. The molecule has 8 heteroatoms. The fraction of sp³-hybridized carbons (Fsp3) is 0.522. The Morgan fingerprint density at radius 3 is 2.58 bits per heavy atom. The third kappa shape index (κ3) is 4.96. The Bertz CT molecular complexity index is 1030. The topological polar surface area (TPSA) is 80.1 Å². The molecule has 0 radical (unpaired) electrons. The highest BCUT2D eigenvalue weighted by molar-refractivity contribution is 7.89. The molecule has 0 spiro atoms. The number of piperidine rings is 1. The number of aryl methyl sites for hydroxylation is 1. The van der Waals surface area contributed by atoms with E-state index < -0.39 is 10.0 Å². The first kappa shape index (κ1) is 23.3. The van der Waals surface area contributed by atoms with E-state index in [0.29, 0.717) is 24.4 Å². The second-order valence-corrected chi connectivity index (χ2v) is 10.2. The standard InChI is InChI=1S/C23H32N2O5S/c1-16(2)24(15-20-11-9-18(4)30-20)23(26)19-10-12-21(29-5)22(14-19)31(27,28)25-13-7-6-8-17(25)3/h9-12,14,16-17H,6-8,13,15H2,1-5H3. The number of ether oxygens (including phenoxy) is 1. The summed E-state index contributed by atoms with van der Waals surface area (Å²) in [4.78, 5) is 15.1. The van der Waals surface area contributed by atoms with Gasteiger partial charge in [0.2, 0.25) is 10.0 Å². The molecule has 1 unspecified atom stereocenters. The van der Waals surface area contributed by atoms with Crippen LogP contribution in [-0.4, -0.2) is 49.3 Å². The Kier molecular flexibility index (Phi) is 7.11. The molecule has 1 saturated heterocycles. The first-order chi connectivity index (χ1) is 14.6. The van der Waals surface area contributed by atoms with Gasteiger partial charge in [-0.1, -0.05) is 6.42 Å². The van der Waals surface area contributed by atoms with Crippen LogP contribution in [0.15, 0.2) is 39.6 Å². The van der Waals surface area contributed by atoms with E-state index in [0.717, 1.165) is 25.0 Å². The molecule has 1 atom stereocenters. The van der Waals surface area contributed by atoms with Gasteiger partial charge in [0.05, 0.1) is 13.7 Å². The van der Waals surface area contributed by atoms with E-state index in [1.807, 2.05) is 39.8 Å². The first-order valence-corrected chi connectivity index (χ1v) is 12.1. The number of hydrogen-bond donors (Lipinski definition) is 0. The van der Waals surface area contributed by atoms with Crippen LogP contribution in [0.25, 0.3) is 0 Å². The summed E-state index contributed by atoms with van der Waals surface area (Å²) in [5, 5.41) is 0. The minimum absolute atomic E-state index is 0.0344. The van der Waals surface area contributed by atoms with Gasteiger partial charge in [-0.25, -0.2) is 8.42 Å². The van der Waals surface area contributed by atoms with Gasteiger partial charge < -0.3 is 14.1 Å². The highest BCUT2D eigenvalue weighted by atomic mass is 32.2. The minimum atomic E-state index is -3.79. The van der Waals surface area contributed by atoms with E-state index in [1.54, 1.807) is 17.0 Å². The summed E-state index contributed by atoms with van der Waals surface area (Å²) in [6.07, 6.45) is 2.66. The maximum absolute atomic E-state index is 13.5. The predicted molar refractivity (Wildman–Crippen MR) is 119 cm³/mol. The van der Waals surface area contributed by atoms with Gasteiger partial charge in [0.1, 0.15) is 22.2 Å². The Morgan fingerprint density at radius 1 is 1.26 bits per heavy atom. The highest BCUT2D eigenvalue weighted by Crippen LogP contribution is 2.32. The number of benzene rings is 1. The Balaban J connectivity index is 1.97. The molecule has 2 heterocycles. The number of sulfonamides is 1. The van der Waals surface area contributed by atoms with Gasteiger partial charge >= 0.3 is 0 Å². The minimum Gasteiger partial charge on any atom is -0.495 e. The maximum atomic E-state index is 13.5. The van der Waals surface area contributed by atoms with E-state index in [1.165, 1.54) is 17.5 Å². The van der Waals surface area contributed by atoms with Crippen molar-refractivity contribution in [1.29, 1.82) is 0 Å². The molecule has 1 aromatic heterocycles. The van der Waals surface area contributed by atoms with Crippen LogP contribution in [0.4, 0.5) is 0 Å². The molecule has 7 nitrogen and oxygen atoms in total. The largest absolute Gasteiger partial charge is 0.495 e. The highest BCUT2D eigenvalue weighted by Gasteiger charge is 2.34. The van der Waals surface area contributed by atoms with Crippen molar-refractivity contribution in [2.24, 2.45) is 0 Å². The number of furan rings is 1. The molecule has 1 aliphatic heterocycles. The van der Waals surface area contributed by atoms with Gasteiger partial charge in [-0.2, -0.15) is 4.31 Å². The summed E-state index contributed by atoms with van der Waals surface area (Å²) in [5.41, 5.74) is 0.306. The number of hydrogen-bond acceptors (Lipinski definition) is 5. The van der Waals surface area contributed by atoms with Crippen molar-refractivity contribution in [3.63, 3.8) is 0 Å². The smallest absolute Gasteiger partial charge is 0.254 e. The summed E-state index contributed by atoms with van der Waals surface area (Å²) < 4.78 is 39.4. The second kappa shape index (κ2) is 9.44. The van der Waals surface area contributed by atoms with Gasteiger partial charge in [0.15, 0.2) is 0 Å². The Hall–Kier alpha value is -2.32. The lowest BCUT2D eigenvalue weighted by atomic mass is 10.1. The molecule has 2 aromatic rings. The van der Waals surface area contributed by atoms with Crippen molar-refractivity contribution in [2.45, 2.75) is 70.5 Å². The van der Waals surface area contributed by atoms with Crippen LogP contribution in [0, 0.1) is 6.92 Å². The molecule has 1 amide bonds. The van der Waals surface area contributed by atoms with Crippen LogP contribution in [-0.2, 0) is 16.6 Å². The predicted octanol–water partition coefficient (Wildman–Crippen LogP) is 4.21. The van der Waals surface area contributed by atoms with Gasteiger partial charge in [-0.15, -0.1) is 0 Å². The summed E-state index contributed by atoms with van der Waals surface area (Å²) >= 11 is 0. The molecular formula is C23H32N2O5S. The molecule has 3 rings (SSSR count). The average Bonchev–Trinajstić information content (AvgIpc) is 3.15. The summed E-state index contributed by atoms with van der Waals surface area (Å²) in [5.74, 6) is 1.45. The van der Waals surface area contributed by atoms with Crippen molar-refractivity contribution in [2.75, 3.05) is 13.7 Å². The molecule has 170 valence electrons. The van der Waals surface area contributed by atoms with E-state index in [2.05, 4.69) is 0 Å². The van der Waals surface area contributed by atoms with E-state index in [9.17, 15) is 13.2 Å². The Labute approximate surface area is 185 Å². The molecule has 1 fully saturated rings. The summed E-state index contributed by atoms with van der Waals surface area (Å²) in [6.45, 7) is 8.40. The van der Waals surface area contributed by atoms with Crippen LogP contribution < -0.4 is 4.74 Å². The van der Waals surface area contributed by atoms with E-state index in [4.69, 9.17) is 9.15 Å². The van der Waals surface area contributed by atoms with E-state index in [-0.39, 0.29) is 28.6 Å². The molecule has 1 aromatic carbocycles. The fourth-order valence-corrected chi connectivity index (χ4v) is 5.84. The lowest BCUT2D eigenvalue weighted by Gasteiger charge is -2.32. The van der Waals surface area contributed by atoms with Crippen LogP contribution in [0.3, 0.4) is 0 Å². The molecule has 0 bridgehead atoms. The maximum Gasteiger partial charge on any atom is 0.254 e. The number of carbonyl (C=O) groups is 1. The zero-order valence-electron chi connectivity index (χ0n) is 18.9. The van der Waals surface area contributed by atoms with Gasteiger partial charge in [-0.05, 0) is 70.9 Å². The van der Waals surface area contributed by atoms with Gasteiger partial charge in [0, 0.05) is 24.2 Å². The zero-order chi connectivity index (χ0) is 22.8. The van der Waals surface area contributed by atoms with Crippen LogP contribution in [0.1, 0.15) is 61.9 Å². The number of carbonyl (C=O) groups excluding carboxylic acids is 1. The molecular weight excluding hydrogens is 416 g/mol. The quantitative estimate of drug-likeness (QED) is 0.634. The normalized spacial score (nSPS) is 17.7. The molecule has 1 aliphatic rings. The monoisotopic (exact) mass is 448 g/mol. The third-order valence-electron chi connectivity index (χ3n) is 5.75. The first-order valence-electron chi connectivity index (χ1n) is 10.7. The fourth-order valence-electron chi connectivity index (χ4n) is 3.96. The van der Waals surface area contributed by atoms with Crippen molar-refractivity contribution < 1.29 is 22.4 Å². The van der Waals surface area contributed by atoms with Crippen molar-refractivity contribution >= 4 is 15.9 Å². The van der Waals surface area contributed by atoms with Crippen LogP contribution >= 0.6 is 0 Å². The molecule has 31 heavy (non-hydrogen) atoms. The zero-order valence-corrected chi connectivity index (χ0v) is 19.7. The number of amides is 1. The van der Waals surface area contributed by atoms with Gasteiger partial charge in [0.25, 0.3) is 5.91 Å². The molecule has 0 aliphatic carbocycles. The van der Waals surface area contributed by atoms with E-state index >= 15 is 0 Å². The summed E-state index contributed by atoms with van der Waals surface area (Å²) in [6, 6.07) is 8.14.